The molecule has 0 N–H and O–H groups in total. The Bertz CT molecular complexity index is 875. The highest BCUT2D eigenvalue weighted by molar-refractivity contribution is 8.00. The molecule has 0 aliphatic carbocycles. The summed E-state index contributed by atoms with van der Waals surface area (Å²) in [6.07, 6.45) is 3.64. The largest absolute Gasteiger partial charge is 0.433 e. The van der Waals surface area contributed by atoms with Gasteiger partial charge in [0.15, 0.2) is 0 Å². The predicted molar refractivity (Wildman–Crippen MR) is 139 cm³/mol. The fraction of sp³-hybridized carbons (Fsp3) is 0.556. The maximum atomic E-state index is 12.8. The number of benzene rings is 1. The van der Waals surface area contributed by atoms with Crippen molar-refractivity contribution in [2.24, 2.45) is 7.05 Å². The number of nitrogens with zero attached hydrogens (tertiary/aromatic N) is 2. The van der Waals surface area contributed by atoms with Gasteiger partial charge in [0.25, 0.3) is 0 Å². The molecule has 1 aromatic carbocycles. The monoisotopic (exact) mass is 498 g/mol. The lowest BCUT2D eigenvalue weighted by Crippen LogP contribution is -2.11. The quantitative estimate of drug-likeness (QED) is 0.326. The molecule has 192 valence electrons. The smallest absolute Gasteiger partial charge is 0.299 e. The normalized spacial score (nSPS) is 12.9. The number of aromatic nitrogens is 2. The highest BCUT2D eigenvalue weighted by atomic mass is 32.2. The fourth-order valence-electron chi connectivity index (χ4n) is 3.10. The molecule has 0 aliphatic heterocycles. The van der Waals surface area contributed by atoms with Gasteiger partial charge in [0.2, 0.25) is 0 Å². The zero-order valence-corrected chi connectivity index (χ0v) is 22.7. The van der Waals surface area contributed by atoms with E-state index < -0.39 is 11.9 Å². The molecule has 2 rings (SSSR count). The summed E-state index contributed by atoms with van der Waals surface area (Å²) < 4.78 is 39.3. The van der Waals surface area contributed by atoms with Crippen LogP contribution in [0.5, 0.6) is 0 Å². The number of Topliss-reactive ketones (excluding diaryl/α,β-unsaturated/α-hetero) is 1. The summed E-state index contributed by atoms with van der Waals surface area (Å²) in [5.74, 6) is -0.0122. The second kappa shape index (κ2) is 16.6. The van der Waals surface area contributed by atoms with Crippen LogP contribution in [0.15, 0.2) is 42.5 Å². The Morgan fingerprint density at radius 2 is 1.74 bits per heavy atom. The number of rotatable bonds is 9. The molecule has 0 saturated heterocycles. The van der Waals surface area contributed by atoms with Gasteiger partial charge in [0, 0.05) is 7.05 Å². The maximum absolute atomic E-state index is 12.8. The first-order valence-electron chi connectivity index (χ1n) is 12.0. The van der Waals surface area contributed by atoms with Crippen molar-refractivity contribution >= 4 is 17.5 Å². The number of carbonyl (C=O) groups excluding carboxylic acids is 1. The van der Waals surface area contributed by atoms with Gasteiger partial charge < -0.3 is 0 Å². The molecule has 34 heavy (non-hydrogen) atoms. The third kappa shape index (κ3) is 10.9. The van der Waals surface area contributed by atoms with Crippen molar-refractivity contribution in [1.82, 2.24) is 9.78 Å². The summed E-state index contributed by atoms with van der Waals surface area (Å²) in [5.41, 5.74) is 2.56. The van der Waals surface area contributed by atoms with Gasteiger partial charge in [-0.25, -0.2) is 0 Å². The Kier molecular flexibility index (Phi) is 15.6. The molecule has 0 spiro atoms. The van der Waals surface area contributed by atoms with Gasteiger partial charge >= 0.3 is 6.18 Å². The third-order valence-corrected chi connectivity index (χ3v) is 6.40. The van der Waals surface area contributed by atoms with Gasteiger partial charge in [-0.3, -0.25) is 9.48 Å². The summed E-state index contributed by atoms with van der Waals surface area (Å²) in [7, 11) is 1.27. The number of allylic oxidation sites excluding steroid dienone is 1. The molecule has 0 bridgehead atoms. The van der Waals surface area contributed by atoms with Crippen LogP contribution in [0.2, 0.25) is 0 Å². The number of hydrogen-bond donors (Lipinski definition) is 0. The van der Waals surface area contributed by atoms with Crippen molar-refractivity contribution in [2.75, 3.05) is 0 Å². The van der Waals surface area contributed by atoms with Crippen molar-refractivity contribution in [1.29, 1.82) is 0 Å². The molecule has 2 aromatic rings. The number of ketones is 1. The van der Waals surface area contributed by atoms with Crippen LogP contribution in [0.4, 0.5) is 13.2 Å². The molecule has 1 aromatic heterocycles. The van der Waals surface area contributed by atoms with Crippen molar-refractivity contribution in [3.8, 4) is 0 Å². The third-order valence-electron chi connectivity index (χ3n) is 4.97. The van der Waals surface area contributed by atoms with Gasteiger partial charge in [0.1, 0.15) is 11.5 Å². The van der Waals surface area contributed by atoms with Crippen LogP contribution in [-0.4, -0.2) is 20.8 Å². The zero-order valence-electron chi connectivity index (χ0n) is 21.9. The second-order valence-corrected chi connectivity index (χ2v) is 9.08. The number of alkyl halides is 3. The van der Waals surface area contributed by atoms with E-state index in [9.17, 15) is 18.0 Å². The standard InChI is InChI=1S/C14H19F3N2OS.C11H16.C2H6/c1-5-6-7-12(21-10(3)9(2)20)11-8-13(14(15,16)17)19(4)18-11;1-3-7-11-9-6-5-8-10(11)4-2;1-2/h6-8,10,12H,5H2,1-4H3;5-6,8-9H,3-4,7H2,1-2H3;1-2H3. The number of halogens is 3. The van der Waals surface area contributed by atoms with Gasteiger partial charge in [-0.2, -0.15) is 18.3 Å². The molecule has 0 saturated carbocycles. The summed E-state index contributed by atoms with van der Waals surface area (Å²) in [4.78, 5) is 11.4. The van der Waals surface area contributed by atoms with Gasteiger partial charge in [-0.05, 0) is 50.3 Å². The minimum atomic E-state index is -4.43. The molecule has 0 radical (unpaired) electrons. The molecule has 2 unspecified atom stereocenters. The maximum Gasteiger partial charge on any atom is 0.433 e. The molecule has 0 fully saturated rings. The lowest BCUT2D eigenvalue weighted by Gasteiger charge is -2.14. The Hall–Kier alpha value is -2.02. The SMILES string of the molecule is CC.CCC=CC(SC(C)C(C)=O)c1cc(C(F)(F)F)n(C)n1.CCCc1ccccc1CC. The van der Waals surface area contributed by atoms with Gasteiger partial charge in [-0.15, -0.1) is 11.8 Å². The first-order valence-corrected chi connectivity index (χ1v) is 13.0. The summed E-state index contributed by atoms with van der Waals surface area (Å²) in [6.45, 7) is 13.6. The first kappa shape index (κ1) is 32.0. The minimum absolute atomic E-state index is 0.0122. The van der Waals surface area contributed by atoms with E-state index in [2.05, 4.69) is 43.2 Å². The van der Waals surface area contributed by atoms with E-state index in [1.807, 2.05) is 26.8 Å². The zero-order chi connectivity index (χ0) is 26.3. The van der Waals surface area contributed by atoms with Crippen molar-refractivity contribution in [2.45, 2.75) is 90.8 Å². The Morgan fingerprint density at radius 3 is 2.18 bits per heavy atom. The average molecular weight is 499 g/mol. The second-order valence-electron chi connectivity index (χ2n) is 7.59. The predicted octanol–water partition coefficient (Wildman–Crippen LogP) is 8.38. The highest BCUT2D eigenvalue weighted by Gasteiger charge is 2.35. The van der Waals surface area contributed by atoms with E-state index in [1.165, 1.54) is 49.7 Å². The number of carbonyl (C=O) groups is 1. The first-order chi connectivity index (χ1) is 16.0. The van der Waals surface area contributed by atoms with Crippen LogP contribution in [0.25, 0.3) is 0 Å². The number of thioether (sulfide) groups is 1. The molecule has 0 aliphatic rings. The van der Waals surface area contributed by atoms with Crippen LogP contribution >= 0.6 is 11.8 Å². The lowest BCUT2D eigenvalue weighted by atomic mass is 10.0. The molecular weight excluding hydrogens is 457 g/mol. The van der Waals surface area contributed by atoms with Crippen molar-refractivity contribution in [3.63, 3.8) is 0 Å². The van der Waals surface area contributed by atoms with Crippen LogP contribution in [0.1, 0.15) is 89.1 Å². The van der Waals surface area contributed by atoms with E-state index in [0.717, 1.165) is 23.6 Å². The van der Waals surface area contributed by atoms with Gasteiger partial charge in [0.05, 0.1) is 16.2 Å². The van der Waals surface area contributed by atoms with Crippen LogP contribution in [0, 0.1) is 0 Å². The van der Waals surface area contributed by atoms with E-state index in [0.29, 0.717) is 5.69 Å². The lowest BCUT2D eigenvalue weighted by molar-refractivity contribution is -0.143. The fourth-order valence-corrected chi connectivity index (χ4v) is 4.19. The molecular formula is C27H41F3N2OS. The molecule has 7 heteroatoms. The molecule has 0 amide bonds. The summed E-state index contributed by atoms with van der Waals surface area (Å²) >= 11 is 1.30. The van der Waals surface area contributed by atoms with Crippen LogP contribution < -0.4 is 0 Å². The van der Waals surface area contributed by atoms with E-state index in [4.69, 9.17) is 0 Å². The van der Waals surface area contributed by atoms with Crippen LogP contribution in [0.3, 0.4) is 0 Å². The topological polar surface area (TPSA) is 34.9 Å². The molecule has 2 atom stereocenters. The average Bonchev–Trinajstić information content (AvgIpc) is 3.21. The van der Waals surface area contributed by atoms with Gasteiger partial charge in [-0.1, -0.05) is 77.5 Å². The molecule has 1 heterocycles. The van der Waals surface area contributed by atoms with E-state index in [1.54, 1.807) is 13.0 Å². The van der Waals surface area contributed by atoms with Crippen molar-refractivity contribution < 1.29 is 18.0 Å². The summed E-state index contributed by atoms with van der Waals surface area (Å²) in [6, 6.07) is 9.76. The Balaban J connectivity index is 0.000000701. The number of aryl methyl sites for hydroxylation is 3. The van der Waals surface area contributed by atoms with Crippen LogP contribution in [-0.2, 0) is 30.9 Å². The Morgan fingerprint density at radius 1 is 1.15 bits per heavy atom. The van der Waals surface area contributed by atoms with Crippen molar-refractivity contribution in [3.05, 3.63) is 65.0 Å². The molecule has 3 nitrogen and oxygen atoms in total. The Labute approximate surface area is 208 Å². The minimum Gasteiger partial charge on any atom is -0.299 e. The van der Waals surface area contributed by atoms with E-state index >= 15 is 0 Å². The highest BCUT2D eigenvalue weighted by Crippen LogP contribution is 2.37. The number of hydrogen-bond acceptors (Lipinski definition) is 3. The van der Waals surface area contributed by atoms with E-state index in [-0.39, 0.29) is 16.3 Å². The summed E-state index contributed by atoms with van der Waals surface area (Å²) in [5, 5.41) is 3.29.